The number of carbonyl (C=O) groups excluding carboxylic acids is 1. The number of carbonyl (C=O) groups is 1. The Morgan fingerprint density at radius 2 is 1.70 bits per heavy atom. The van der Waals surface area contributed by atoms with Crippen molar-refractivity contribution in [2.75, 3.05) is 0 Å². The molecule has 1 N–H and O–H groups in total. The van der Waals surface area contributed by atoms with Crippen LogP contribution in [0.1, 0.15) is 21.5 Å². The SMILES string of the molecule is Cc1cc(C=O)c(S(=O)(=O)O)c(-c2ccccc2C)c1. The molecule has 0 bridgehead atoms. The van der Waals surface area contributed by atoms with Crippen LogP contribution in [0.5, 0.6) is 0 Å². The molecule has 2 aromatic rings. The summed E-state index contributed by atoms with van der Waals surface area (Å²) in [4.78, 5) is 10.8. The topological polar surface area (TPSA) is 71.4 Å². The first-order valence-corrected chi connectivity index (χ1v) is 7.42. The van der Waals surface area contributed by atoms with Gasteiger partial charge in [-0.2, -0.15) is 8.42 Å². The van der Waals surface area contributed by atoms with Crippen LogP contribution in [0, 0.1) is 13.8 Å². The maximum absolute atomic E-state index is 11.6. The summed E-state index contributed by atoms with van der Waals surface area (Å²) >= 11 is 0. The molecule has 0 radical (unpaired) electrons. The van der Waals surface area contributed by atoms with Crippen LogP contribution in [0.3, 0.4) is 0 Å². The zero-order valence-electron chi connectivity index (χ0n) is 11.1. The van der Waals surface area contributed by atoms with Gasteiger partial charge >= 0.3 is 0 Å². The van der Waals surface area contributed by atoms with Gasteiger partial charge in [-0.3, -0.25) is 9.35 Å². The van der Waals surface area contributed by atoms with Gasteiger partial charge in [0, 0.05) is 11.1 Å². The lowest BCUT2D eigenvalue weighted by Gasteiger charge is -2.13. The number of hydrogen-bond acceptors (Lipinski definition) is 3. The zero-order valence-corrected chi connectivity index (χ0v) is 11.9. The molecule has 104 valence electrons. The van der Waals surface area contributed by atoms with Gasteiger partial charge in [0.05, 0.1) is 0 Å². The van der Waals surface area contributed by atoms with E-state index in [-0.39, 0.29) is 10.5 Å². The Labute approximate surface area is 117 Å². The average molecular weight is 290 g/mol. The highest BCUT2D eigenvalue weighted by molar-refractivity contribution is 7.86. The Hall–Kier alpha value is -1.98. The first-order chi connectivity index (χ1) is 9.34. The van der Waals surface area contributed by atoms with Gasteiger partial charge in [0.25, 0.3) is 10.1 Å². The molecule has 2 rings (SSSR count). The molecule has 4 nitrogen and oxygen atoms in total. The minimum absolute atomic E-state index is 0.0363. The van der Waals surface area contributed by atoms with Crippen molar-refractivity contribution in [3.63, 3.8) is 0 Å². The predicted octanol–water partition coefficient (Wildman–Crippen LogP) is 3.03. The first kappa shape index (κ1) is 14.4. The normalized spacial score (nSPS) is 11.3. The lowest BCUT2D eigenvalue weighted by molar-refractivity contribution is 0.112. The molecule has 0 atom stereocenters. The third-order valence-corrected chi connectivity index (χ3v) is 4.05. The number of aldehydes is 1. The highest BCUT2D eigenvalue weighted by atomic mass is 32.2. The maximum atomic E-state index is 11.6. The van der Waals surface area contributed by atoms with Crippen LogP contribution in [-0.4, -0.2) is 19.3 Å². The van der Waals surface area contributed by atoms with Crippen molar-refractivity contribution < 1.29 is 17.8 Å². The van der Waals surface area contributed by atoms with Gasteiger partial charge in [-0.05, 0) is 42.7 Å². The van der Waals surface area contributed by atoms with Crippen molar-refractivity contribution in [1.29, 1.82) is 0 Å². The molecule has 0 aromatic heterocycles. The summed E-state index contributed by atoms with van der Waals surface area (Å²) in [5, 5.41) is 0. The monoisotopic (exact) mass is 290 g/mol. The molecule has 0 spiro atoms. The van der Waals surface area contributed by atoms with Crippen LogP contribution in [0.25, 0.3) is 11.1 Å². The summed E-state index contributed by atoms with van der Waals surface area (Å²) < 4.78 is 32.7. The van der Waals surface area contributed by atoms with Crippen LogP contribution in [0.4, 0.5) is 0 Å². The smallest absolute Gasteiger partial charge is 0.295 e. The van der Waals surface area contributed by atoms with E-state index in [2.05, 4.69) is 0 Å². The summed E-state index contributed by atoms with van der Waals surface area (Å²) in [5.74, 6) is 0. The number of rotatable bonds is 3. The van der Waals surface area contributed by atoms with Gasteiger partial charge in [0.1, 0.15) is 4.90 Å². The molecule has 20 heavy (non-hydrogen) atoms. The third kappa shape index (κ3) is 2.64. The molecule has 0 aliphatic heterocycles. The highest BCUT2D eigenvalue weighted by Crippen LogP contribution is 2.32. The fourth-order valence-electron chi connectivity index (χ4n) is 2.25. The predicted molar refractivity (Wildman–Crippen MR) is 76.6 cm³/mol. The van der Waals surface area contributed by atoms with Crippen LogP contribution >= 0.6 is 0 Å². The summed E-state index contributed by atoms with van der Waals surface area (Å²) in [7, 11) is -4.49. The highest BCUT2D eigenvalue weighted by Gasteiger charge is 2.22. The largest absolute Gasteiger partial charge is 0.298 e. The lowest BCUT2D eigenvalue weighted by atomic mass is 9.97. The van der Waals surface area contributed by atoms with E-state index in [1.807, 2.05) is 19.1 Å². The van der Waals surface area contributed by atoms with Crippen molar-refractivity contribution in [3.05, 3.63) is 53.1 Å². The van der Waals surface area contributed by atoms with Crippen molar-refractivity contribution in [3.8, 4) is 11.1 Å². The van der Waals surface area contributed by atoms with Crippen molar-refractivity contribution in [2.45, 2.75) is 18.7 Å². The third-order valence-electron chi connectivity index (χ3n) is 3.08. The van der Waals surface area contributed by atoms with Gasteiger partial charge < -0.3 is 0 Å². The first-order valence-electron chi connectivity index (χ1n) is 5.98. The van der Waals surface area contributed by atoms with Crippen molar-refractivity contribution in [2.24, 2.45) is 0 Å². The van der Waals surface area contributed by atoms with E-state index in [4.69, 9.17) is 0 Å². The van der Waals surface area contributed by atoms with E-state index in [1.165, 1.54) is 6.07 Å². The molecule has 2 aromatic carbocycles. The molecular weight excluding hydrogens is 276 g/mol. The molecule has 0 saturated carbocycles. The van der Waals surface area contributed by atoms with Gasteiger partial charge in [-0.15, -0.1) is 0 Å². The van der Waals surface area contributed by atoms with E-state index in [9.17, 15) is 17.8 Å². The second kappa shape index (κ2) is 5.19. The number of aryl methyl sites for hydroxylation is 2. The summed E-state index contributed by atoms with van der Waals surface area (Å²) in [6, 6.07) is 10.3. The fourth-order valence-corrected chi connectivity index (χ4v) is 3.10. The summed E-state index contributed by atoms with van der Waals surface area (Å²) in [5.41, 5.74) is 2.59. The Balaban J connectivity index is 2.93. The van der Waals surface area contributed by atoms with Gasteiger partial charge in [-0.1, -0.05) is 24.3 Å². The fraction of sp³-hybridized carbons (Fsp3) is 0.133. The second-order valence-corrected chi connectivity index (χ2v) is 6.00. The quantitative estimate of drug-likeness (QED) is 0.696. The zero-order chi connectivity index (χ0) is 14.9. The second-order valence-electron chi connectivity index (χ2n) is 4.64. The summed E-state index contributed by atoms with van der Waals surface area (Å²) in [6.45, 7) is 3.61. The molecule has 0 aliphatic rings. The molecule has 0 heterocycles. The summed E-state index contributed by atoms with van der Waals surface area (Å²) in [6.07, 6.45) is 0.442. The molecular formula is C15H14O4S. The minimum Gasteiger partial charge on any atom is -0.298 e. The van der Waals surface area contributed by atoms with Crippen LogP contribution in [0.15, 0.2) is 41.3 Å². The standard InChI is InChI=1S/C15H14O4S/c1-10-7-12(9-16)15(20(17,18)19)14(8-10)13-6-4-3-5-11(13)2/h3-9H,1-2H3,(H,17,18,19). The average Bonchev–Trinajstić information content (AvgIpc) is 2.36. The molecule has 0 fully saturated rings. The molecule has 0 amide bonds. The van der Waals surface area contributed by atoms with Crippen LogP contribution in [-0.2, 0) is 10.1 Å². The van der Waals surface area contributed by atoms with E-state index >= 15 is 0 Å². The minimum atomic E-state index is -4.49. The Bertz CT molecular complexity index is 776. The molecule has 5 heteroatoms. The Morgan fingerprint density at radius 1 is 1.05 bits per heavy atom. The van der Waals surface area contributed by atoms with Gasteiger partial charge in [-0.25, -0.2) is 0 Å². The molecule has 0 saturated heterocycles. The number of hydrogen-bond donors (Lipinski definition) is 1. The van der Waals surface area contributed by atoms with Crippen molar-refractivity contribution in [1.82, 2.24) is 0 Å². The Kier molecular flexibility index (Phi) is 3.74. The van der Waals surface area contributed by atoms with E-state index in [0.29, 0.717) is 17.4 Å². The van der Waals surface area contributed by atoms with E-state index < -0.39 is 10.1 Å². The van der Waals surface area contributed by atoms with E-state index in [1.54, 1.807) is 25.1 Å². The van der Waals surface area contributed by atoms with Crippen LogP contribution in [0.2, 0.25) is 0 Å². The Morgan fingerprint density at radius 3 is 2.25 bits per heavy atom. The van der Waals surface area contributed by atoms with E-state index in [0.717, 1.165) is 11.1 Å². The maximum Gasteiger partial charge on any atom is 0.295 e. The van der Waals surface area contributed by atoms with Crippen LogP contribution < -0.4 is 0 Å². The lowest BCUT2D eigenvalue weighted by Crippen LogP contribution is -2.06. The molecule has 0 aliphatic carbocycles. The van der Waals surface area contributed by atoms with Crippen molar-refractivity contribution >= 4 is 16.4 Å². The molecule has 0 unspecified atom stereocenters. The van der Waals surface area contributed by atoms with Gasteiger partial charge in [0.15, 0.2) is 6.29 Å². The van der Waals surface area contributed by atoms with Gasteiger partial charge in [0.2, 0.25) is 0 Å². The number of benzene rings is 2.